The summed E-state index contributed by atoms with van der Waals surface area (Å²) in [5.74, 6) is 0.595. The Morgan fingerprint density at radius 2 is 2.00 bits per heavy atom. The molecule has 0 aliphatic carbocycles. The monoisotopic (exact) mass is 340 g/mol. The Bertz CT molecular complexity index is 849. The molecule has 1 aromatic carbocycles. The molecular formula is C18H17FN4O2. The summed E-state index contributed by atoms with van der Waals surface area (Å²) in [6, 6.07) is 10.5. The van der Waals surface area contributed by atoms with Gasteiger partial charge in [-0.1, -0.05) is 23.4 Å². The molecule has 0 unspecified atom stereocenters. The molecule has 3 aromatic rings. The van der Waals surface area contributed by atoms with Gasteiger partial charge in [-0.25, -0.2) is 9.18 Å². The van der Waals surface area contributed by atoms with Crippen LogP contribution in [0.25, 0.3) is 0 Å². The molecule has 0 aliphatic rings. The van der Waals surface area contributed by atoms with E-state index in [0.717, 1.165) is 11.1 Å². The number of rotatable bonds is 4. The smallest absolute Gasteiger partial charge is 0.323 e. The molecule has 0 radical (unpaired) electrons. The maximum Gasteiger partial charge on any atom is 0.323 e. The zero-order valence-corrected chi connectivity index (χ0v) is 13.8. The molecule has 2 amide bonds. The van der Waals surface area contributed by atoms with E-state index in [-0.39, 0.29) is 11.8 Å². The summed E-state index contributed by atoms with van der Waals surface area (Å²) < 4.78 is 18.2. The lowest BCUT2D eigenvalue weighted by atomic mass is 9.99. The van der Waals surface area contributed by atoms with Gasteiger partial charge in [-0.3, -0.25) is 10.3 Å². The second-order valence-electron chi connectivity index (χ2n) is 5.60. The highest BCUT2D eigenvalue weighted by Gasteiger charge is 2.24. The van der Waals surface area contributed by atoms with Gasteiger partial charge >= 0.3 is 6.03 Å². The third-order valence-electron chi connectivity index (χ3n) is 3.76. The van der Waals surface area contributed by atoms with Crippen LogP contribution in [0.2, 0.25) is 0 Å². The highest BCUT2D eigenvalue weighted by Crippen LogP contribution is 2.28. The van der Waals surface area contributed by atoms with Crippen molar-refractivity contribution in [3.63, 3.8) is 0 Å². The first kappa shape index (κ1) is 16.6. The molecule has 0 fully saturated rings. The molecule has 2 heterocycles. The maximum absolute atomic E-state index is 13.3. The van der Waals surface area contributed by atoms with Crippen molar-refractivity contribution in [3.8, 4) is 0 Å². The highest BCUT2D eigenvalue weighted by molar-refractivity contribution is 5.88. The van der Waals surface area contributed by atoms with Gasteiger partial charge in [0, 0.05) is 25.5 Å². The number of nitrogens with one attached hydrogen (secondary N) is 1. The maximum atomic E-state index is 13.3. The number of anilines is 1. The topological polar surface area (TPSA) is 71.3 Å². The van der Waals surface area contributed by atoms with Crippen LogP contribution in [-0.2, 0) is 0 Å². The second-order valence-corrected chi connectivity index (χ2v) is 5.60. The van der Waals surface area contributed by atoms with Gasteiger partial charge in [-0.15, -0.1) is 0 Å². The molecule has 0 saturated heterocycles. The van der Waals surface area contributed by atoms with Crippen LogP contribution in [0.1, 0.15) is 22.9 Å². The van der Waals surface area contributed by atoms with Crippen molar-refractivity contribution in [2.45, 2.75) is 13.0 Å². The first-order valence-corrected chi connectivity index (χ1v) is 7.67. The normalized spacial score (nSPS) is 11.8. The minimum absolute atomic E-state index is 0.332. The number of benzene rings is 1. The molecule has 3 rings (SSSR count). The number of pyridine rings is 1. The van der Waals surface area contributed by atoms with Crippen LogP contribution in [0.5, 0.6) is 0 Å². The molecule has 128 valence electrons. The second kappa shape index (κ2) is 7.12. The molecule has 25 heavy (non-hydrogen) atoms. The Labute approximate surface area is 144 Å². The van der Waals surface area contributed by atoms with Crippen molar-refractivity contribution < 1.29 is 13.7 Å². The van der Waals surface area contributed by atoms with E-state index in [0.29, 0.717) is 11.6 Å². The van der Waals surface area contributed by atoms with Gasteiger partial charge < -0.3 is 9.42 Å². The van der Waals surface area contributed by atoms with Gasteiger partial charge in [0.15, 0.2) is 5.82 Å². The lowest BCUT2D eigenvalue weighted by molar-refractivity contribution is 0.212. The fourth-order valence-electron chi connectivity index (χ4n) is 2.56. The Morgan fingerprint density at radius 3 is 2.60 bits per heavy atom. The molecule has 7 heteroatoms. The predicted molar refractivity (Wildman–Crippen MR) is 90.5 cm³/mol. The average molecular weight is 340 g/mol. The van der Waals surface area contributed by atoms with E-state index in [1.807, 2.05) is 6.07 Å². The summed E-state index contributed by atoms with van der Waals surface area (Å²) in [4.78, 5) is 18.2. The summed E-state index contributed by atoms with van der Waals surface area (Å²) in [6.45, 7) is 1.74. The number of urea groups is 1. The van der Waals surface area contributed by atoms with Crippen molar-refractivity contribution in [1.29, 1.82) is 0 Å². The van der Waals surface area contributed by atoms with Gasteiger partial charge in [-0.05, 0) is 36.2 Å². The minimum atomic E-state index is -0.428. The van der Waals surface area contributed by atoms with Crippen LogP contribution in [0.3, 0.4) is 0 Å². The number of aromatic nitrogens is 2. The fraction of sp³-hybridized carbons (Fsp3) is 0.167. The molecule has 0 bridgehead atoms. The van der Waals surface area contributed by atoms with Gasteiger partial charge in [0.1, 0.15) is 11.6 Å². The quantitative estimate of drug-likeness (QED) is 0.785. The Kier molecular flexibility index (Phi) is 4.74. The van der Waals surface area contributed by atoms with Crippen LogP contribution in [0, 0.1) is 12.7 Å². The molecule has 1 atom stereocenters. The molecule has 6 nitrogen and oxygen atoms in total. The lowest BCUT2D eigenvalue weighted by Crippen LogP contribution is -2.35. The lowest BCUT2D eigenvalue weighted by Gasteiger charge is -2.28. The summed E-state index contributed by atoms with van der Waals surface area (Å²) in [5.41, 5.74) is 1.58. The third kappa shape index (κ3) is 3.82. The van der Waals surface area contributed by atoms with Gasteiger partial charge in [0.2, 0.25) is 0 Å². The largest absolute Gasteiger partial charge is 0.360 e. The Balaban J connectivity index is 1.90. The fourth-order valence-corrected chi connectivity index (χ4v) is 2.56. The van der Waals surface area contributed by atoms with Gasteiger partial charge in [-0.2, -0.15) is 0 Å². The standard InChI is InChI=1S/C18H17FN4O2/c1-12-10-16(22-25-12)21-18(24)23(2)17(14-4-3-9-20-11-14)13-5-7-15(19)8-6-13/h3-11,17H,1-2H3,(H,21,22,24)/t17-/m1/s1. The van der Waals surface area contributed by atoms with Crippen molar-refractivity contribution in [3.05, 3.63) is 77.6 Å². The number of hydrogen-bond acceptors (Lipinski definition) is 4. The third-order valence-corrected chi connectivity index (χ3v) is 3.76. The van der Waals surface area contributed by atoms with E-state index < -0.39 is 6.04 Å². The number of halogens is 1. The molecular weight excluding hydrogens is 323 g/mol. The van der Waals surface area contributed by atoms with Crippen molar-refractivity contribution in [2.75, 3.05) is 12.4 Å². The van der Waals surface area contributed by atoms with Gasteiger partial charge in [0.25, 0.3) is 0 Å². The van der Waals surface area contributed by atoms with Crippen molar-refractivity contribution in [1.82, 2.24) is 15.0 Å². The zero-order valence-electron chi connectivity index (χ0n) is 13.8. The van der Waals surface area contributed by atoms with E-state index in [1.165, 1.54) is 17.0 Å². The zero-order chi connectivity index (χ0) is 17.8. The Morgan fingerprint density at radius 1 is 1.24 bits per heavy atom. The molecule has 2 aromatic heterocycles. The highest BCUT2D eigenvalue weighted by atomic mass is 19.1. The van der Waals surface area contributed by atoms with Crippen LogP contribution in [0.4, 0.5) is 15.0 Å². The summed E-state index contributed by atoms with van der Waals surface area (Å²) in [5, 5.41) is 6.44. The van der Waals surface area contributed by atoms with E-state index in [4.69, 9.17) is 4.52 Å². The first-order valence-electron chi connectivity index (χ1n) is 7.67. The molecule has 0 aliphatic heterocycles. The van der Waals surface area contributed by atoms with E-state index in [1.54, 1.807) is 50.6 Å². The van der Waals surface area contributed by atoms with Crippen LogP contribution in [0.15, 0.2) is 59.4 Å². The number of amides is 2. The summed E-state index contributed by atoms with van der Waals surface area (Å²) >= 11 is 0. The number of carbonyl (C=O) groups is 1. The van der Waals surface area contributed by atoms with E-state index in [2.05, 4.69) is 15.5 Å². The molecule has 1 N–H and O–H groups in total. The molecule has 0 spiro atoms. The molecule has 0 saturated carbocycles. The summed E-state index contributed by atoms with van der Waals surface area (Å²) in [6.07, 6.45) is 3.33. The van der Waals surface area contributed by atoms with Crippen LogP contribution >= 0.6 is 0 Å². The SMILES string of the molecule is Cc1cc(NC(=O)N(C)[C@H](c2ccc(F)cc2)c2cccnc2)no1. The number of hydrogen-bond donors (Lipinski definition) is 1. The number of carbonyl (C=O) groups excluding carboxylic acids is 1. The average Bonchev–Trinajstić information content (AvgIpc) is 3.02. The van der Waals surface area contributed by atoms with E-state index in [9.17, 15) is 9.18 Å². The van der Waals surface area contributed by atoms with Crippen molar-refractivity contribution >= 4 is 11.8 Å². The Hall–Kier alpha value is -3.22. The summed E-state index contributed by atoms with van der Waals surface area (Å²) in [7, 11) is 1.66. The number of aryl methyl sites for hydroxylation is 1. The number of nitrogens with zero attached hydrogens (tertiary/aromatic N) is 3. The van der Waals surface area contributed by atoms with E-state index >= 15 is 0 Å². The minimum Gasteiger partial charge on any atom is -0.360 e. The first-order chi connectivity index (χ1) is 12.0. The van der Waals surface area contributed by atoms with Crippen LogP contribution in [-0.4, -0.2) is 28.1 Å². The van der Waals surface area contributed by atoms with Crippen LogP contribution < -0.4 is 5.32 Å². The predicted octanol–water partition coefficient (Wildman–Crippen LogP) is 3.77. The van der Waals surface area contributed by atoms with Gasteiger partial charge in [0.05, 0.1) is 6.04 Å². The van der Waals surface area contributed by atoms with Crippen molar-refractivity contribution in [2.24, 2.45) is 0 Å².